The van der Waals surface area contributed by atoms with Gasteiger partial charge in [-0.25, -0.2) is 4.79 Å². The third kappa shape index (κ3) is 1.81. The first-order valence-corrected chi connectivity index (χ1v) is 4.47. The lowest BCUT2D eigenvalue weighted by Crippen LogP contribution is -2.03. The van der Waals surface area contributed by atoms with Gasteiger partial charge in [-0.05, 0) is 18.9 Å². The van der Waals surface area contributed by atoms with Crippen molar-refractivity contribution in [2.24, 2.45) is 0 Å². The highest BCUT2D eigenvalue weighted by atomic mass is 16.4. The van der Waals surface area contributed by atoms with E-state index >= 15 is 0 Å². The molecule has 0 aliphatic carbocycles. The van der Waals surface area contributed by atoms with E-state index in [2.05, 4.69) is 4.98 Å². The summed E-state index contributed by atoms with van der Waals surface area (Å²) in [4.78, 5) is 35.2. The number of Topliss-reactive ketones (excluding diaryl/α,β-unsaturated/α-hetero) is 1. The fraction of sp³-hybridized carbons (Fsp3) is 0.300. The van der Waals surface area contributed by atoms with Crippen molar-refractivity contribution in [3.63, 3.8) is 0 Å². The Hall–Kier alpha value is -1.91. The number of hydrogen-bond acceptors (Lipinski definition) is 3. The molecule has 0 radical (unpaired) electrons. The maximum absolute atomic E-state index is 11.3. The van der Waals surface area contributed by atoms with Crippen LogP contribution in [0, 0.1) is 0 Å². The number of carbonyl (C=O) groups excluding carboxylic acids is 2. The highest BCUT2D eigenvalue weighted by Gasteiger charge is 2.22. The molecule has 0 aliphatic heterocycles. The number of H-pyrrole nitrogens is 1. The Morgan fingerprint density at radius 3 is 2.40 bits per heavy atom. The number of aromatic amines is 1. The summed E-state index contributed by atoms with van der Waals surface area (Å²) in [5.41, 5.74) is 0.531. The van der Waals surface area contributed by atoms with Gasteiger partial charge >= 0.3 is 5.97 Å². The molecule has 0 saturated carbocycles. The lowest BCUT2D eigenvalue weighted by Gasteiger charge is -1.98. The van der Waals surface area contributed by atoms with Crippen LogP contribution >= 0.6 is 0 Å². The molecule has 15 heavy (non-hydrogen) atoms. The summed E-state index contributed by atoms with van der Waals surface area (Å²) in [6.45, 7) is 3.04. The number of carboxylic acid groups (broad SMARTS) is 1. The molecule has 5 heteroatoms. The van der Waals surface area contributed by atoms with Crippen LogP contribution in [0.1, 0.15) is 50.7 Å². The Morgan fingerprint density at radius 2 is 2.07 bits per heavy atom. The minimum atomic E-state index is -1.16. The summed E-state index contributed by atoms with van der Waals surface area (Å²) in [6.07, 6.45) is 0.850. The molecular weight excluding hydrogens is 198 g/mol. The Balaban J connectivity index is 3.52. The van der Waals surface area contributed by atoms with E-state index in [1.54, 1.807) is 6.92 Å². The van der Waals surface area contributed by atoms with Crippen LogP contribution in [0.25, 0.3) is 0 Å². The molecular formula is C10H11NO4. The molecule has 0 fully saturated rings. The monoisotopic (exact) mass is 209 g/mol. The number of carbonyl (C=O) groups is 3. The Labute approximate surface area is 86.1 Å². The molecule has 0 spiro atoms. The molecule has 0 aromatic carbocycles. The smallest absolute Gasteiger partial charge is 0.352 e. The second-order valence-corrected chi connectivity index (χ2v) is 3.10. The van der Waals surface area contributed by atoms with Crippen molar-refractivity contribution in [2.75, 3.05) is 0 Å². The van der Waals surface area contributed by atoms with Crippen molar-refractivity contribution >= 4 is 18.0 Å². The van der Waals surface area contributed by atoms with E-state index in [4.69, 9.17) is 5.11 Å². The topological polar surface area (TPSA) is 87.2 Å². The van der Waals surface area contributed by atoms with Gasteiger partial charge in [0.25, 0.3) is 0 Å². The van der Waals surface area contributed by atoms with Crippen molar-refractivity contribution in [1.82, 2.24) is 4.98 Å². The van der Waals surface area contributed by atoms with Crippen molar-refractivity contribution in [3.8, 4) is 0 Å². The molecule has 1 heterocycles. The molecule has 0 bridgehead atoms. The summed E-state index contributed by atoms with van der Waals surface area (Å²) in [6, 6.07) is 0. The summed E-state index contributed by atoms with van der Waals surface area (Å²) in [5, 5.41) is 8.85. The van der Waals surface area contributed by atoms with Crippen LogP contribution in [0.3, 0.4) is 0 Å². The molecule has 1 rings (SSSR count). The first-order valence-electron chi connectivity index (χ1n) is 4.47. The number of rotatable bonds is 4. The molecule has 80 valence electrons. The Kier molecular flexibility index (Phi) is 3.04. The van der Waals surface area contributed by atoms with Gasteiger partial charge in [-0.1, -0.05) is 6.92 Å². The predicted octanol–water partition coefficient (Wildman–Crippen LogP) is 1.29. The Morgan fingerprint density at radius 1 is 1.47 bits per heavy atom. The summed E-state index contributed by atoms with van der Waals surface area (Å²) in [5.74, 6) is -1.47. The lowest BCUT2D eigenvalue weighted by molar-refractivity contribution is 0.0690. The van der Waals surface area contributed by atoms with Gasteiger partial charge in [0.15, 0.2) is 12.1 Å². The fourth-order valence-corrected chi connectivity index (χ4v) is 1.59. The number of aromatic carboxylic acids is 1. The molecule has 5 nitrogen and oxygen atoms in total. The number of aromatic nitrogens is 1. The molecule has 0 saturated heterocycles. The first-order chi connectivity index (χ1) is 7.02. The van der Waals surface area contributed by atoms with E-state index in [-0.39, 0.29) is 22.7 Å². The van der Waals surface area contributed by atoms with E-state index in [0.29, 0.717) is 18.3 Å². The van der Waals surface area contributed by atoms with Gasteiger partial charge in [0.05, 0.1) is 5.69 Å². The van der Waals surface area contributed by atoms with Gasteiger partial charge in [-0.3, -0.25) is 9.59 Å². The van der Waals surface area contributed by atoms with E-state index in [9.17, 15) is 14.4 Å². The van der Waals surface area contributed by atoms with Crippen molar-refractivity contribution in [1.29, 1.82) is 0 Å². The summed E-state index contributed by atoms with van der Waals surface area (Å²) in [7, 11) is 0. The molecule has 0 unspecified atom stereocenters. The molecule has 2 N–H and O–H groups in total. The third-order valence-corrected chi connectivity index (χ3v) is 2.17. The van der Waals surface area contributed by atoms with E-state index in [1.807, 2.05) is 0 Å². The summed E-state index contributed by atoms with van der Waals surface area (Å²) < 4.78 is 0. The number of ketones is 1. The molecule has 1 aromatic rings. The second-order valence-electron chi connectivity index (χ2n) is 3.10. The highest BCUT2D eigenvalue weighted by molar-refractivity contribution is 6.05. The van der Waals surface area contributed by atoms with Crippen LogP contribution < -0.4 is 0 Å². The summed E-state index contributed by atoms with van der Waals surface area (Å²) >= 11 is 0. The molecule has 1 aromatic heterocycles. The lowest BCUT2D eigenvalue weighted by atomic mass is 10.0. The highest BCUT2D eigenvalue weighted by Crippen LogP contribution is 2.19. The number of carboxylic acids is 1. The zero-order chi connectivity index (χ0) is 11.6. The predicted molar refractivity (Wildman–Crippen MR) is 52.5 cm³/mol. The maximum atomic E-state index is 11.3. The minimum absolute atomic E-state index is 0.0387. The third-order valence-electron chi connectivity index (χ3n) is 2.17. The van der Waals surface area contributed by atoms with E-state index in [0.717, 1.165) is 0 Å². The maximum Gasteiger partial charge on any atom is 0.352 e. The van der Waals surface area contributed by atoms with E-state index < -0.39 is 5.97 Å². The molecule has 0 aliphatic rings. The van der Waals surface area contributed by atoms with Crippen molar-refractivity contribution in [3.05, 3.63) is 22.5 Å². The zero-order valence-electron chi connectivity index (χ0n) is 8.46. The van der Waals surface area contributed by atoms with Gasteiger partial charge in [-0.2, -0.15) is 0 Å². The Bertz CT molecular complexity index is 431. The average molecular weight is 209 g/mol. The van der Waals surface area contributed by atoms with Gasteiger partial charge in [0, 0.05) is 5.56 Å². The zero-order valence-corrected chi connectivity index (χ0v) is 8.46. The quantitative estimate of drug-likeness (QED) is 0.577. The average Bonchev–Trinajstić information content (AvgIpc) is 2.55. The van der Waals surface area contributed by atoms with Crippen LogP contribution in [0.5, 0.6) is 0 Å². The number of nitrogens with one attached hydrogen (secondary N) is 1. The van der Waals surface area contributed by atoms with E-state index in [1.165, 1.54) is 6.92 Å². The van der Waals surface area contributed by atoms with Crippen molar-refractivity contribution < 1.29 is 19.5 Å². The van der Waals surface area contributed by atoms with Gasteiger partial charge in [0.1, 0.15) is 5.69 Å². The van der Waals surface area contributed by atoms with Crippen molar-refractivity contribution in [2.45, 2.75) is 20.3 Å². The first kappa shape index (κ1) is 11.2. The second kappa shape index (κ2) is 4.08. The normalized spacial score (nSPS) is 10.0. The van der Waals surface area contributed by atoms with Crippen LogP contribution in [-0.4, -0.2) is 28.1 Å². The van der Waals surface area contributed by atoms with Crippen LogP contribution in [0.15, 0.2) is 0 Å². The minimum Gasteiger partial charge on any atom is -0.477 e. The SMILES string of the molecule is CCc1c(C(=O)O)[nH]c(C=O)c1C(C)=O. The van der Waals surface area contributed by atoms with Crippen LogP contribution in [-0.2, 0) is 6.42 Å². The standard InChI is InChI=1S/C10H11NO4/c1-3-6-8(5(2)13)7(4-12)11-9(6)10(14)15/h4,11H,3H2,1-2H3,(H,14,15). The fourth-order valence-electron chi connectivity index (χ4n) is 1.59. The van der Waals surface area contributed by atoms with Crippen LogP contribution in [0.2, 0.25) is 0 Å². The molecule has 0 atom stereocenters. The number of hydrogen-bond donors (Lipinski definition) is 2. The van der Waals surface area contributed by atoms with Gasteiger partial charge < -0.3 is 10.1 Å². The number of aldehydes is 1. The van der Waals surface area contributed by atoms with Crippen LogP contribution in [0.4, 0.5) is 0 Å². The molecule has 0 amide bonds. The van der Waals surface area contributed by atoms with Gasteiger partial charge in [0.2, 0.25) is 0 Å². The van der Waals surface area contributed by atoms with Gasteiger partial charge in [-0.15, -0.1) is 0 Å². The largest absolute Gasteiger partial charge is 0.477 e.